The molecule has 0 saturated heterocycles. The average Bonchev–Trinajstić information content (AvgIpc) is 2.22. The van der Waals surface area contributed by atoms with Crippen LogP contribution in [0.25, 0.3) is 0 Å². The van der Waals surface area contributed by atoms with E-state index in [1.54, 1.807) is 6.07 Å². The molecule has 0 amide bonds. The zero-order valence-corrected chi connectivity index (χ0v) is 10.3. The first-order valence-corrected chi connectivity index (χ1v) is 5.54. The Bertz CT molecular complexity index is 362. The fraction of sp³-hybridized carbons (Fsp3) is 0.444. The molecular formula is C9H14Cl2N4O. The minimum absolute atomic E-state index is 0.0572. The summed E-state index contributed by atoms with van der Waals surface area (Å²) < 4.78 is 0. The van der Waals surface area contributed by atoms with E-state index >= 15 is 0 Å². The Hall–Kier alpha value is -0.750. The Morgan fingerprint density at radius 1 is 1.44 bits per heavy atom. The van der Waals surface area contributed by atoms with Crippen LogP contribution in [0.2, 0.25) is 10.0 Å². The molecule has 5 N–H and O–H groups in total. The third-order valence-corrected chi connectivity index (χ3v) is 2.59. The van der Waals surface area contributed by atoms with E-state index in [4.69, 9.17) is 34.2 Å². The van der Waals surface area contributed by atoms with Gasteiger partial charge in [0.25, 0.3) is 0 Å². The molecule has 0 aliphatic carbocycles. The first-order chi connectivity index (χ1) is 7.58. The molecule has 0 bridgehead atoms. The van der Waals surface area contributed by atoms with Crippen molar-refractivity contribution in [1.29, 1.82) is 0 Å². The number of hydrazine groups is 1. The molecule has 0 aromatic carbocycles. The SMILES string of the molecule is CC(CCO)Nc1nc(NN)c(Cl)cc1Cl. The fourth-order valence-electron chi connectivity index (χ4n) is 1.17. The van der Waals surface area contributed by atoms with Gasteiger partial charge in [-0.05, 0) is 19.4 Å². The van der Waals surface area contributed by atoms with Crippen LogP contribution < -0.4 is 16.6 Å². The number of aliphatic hydroxyl groups is 1. The number of aliphatic hydroxyl groups excluding tert-OH is 1. The van der Waals surface area contributed by atoms with Gasteiger partial charge in [-0.25, -0.2) is 10.8 Å². The van der Waals surface area contributed by atoms with Gasteiger partial charge in [-0.1, -0.05) is 23.2 Å². The van der Waals surface area contributed by atoms with Crippen molar-refractivity contribution in [3.63, 3.8) is 0 Å². The van der Waals surface area contributed by atoms with Crippen LogP contribution in [0, 0.1) is 0 Å². The van der Waals surface area contributed by atoms with E-state index in [1.165, 1.54) is 0 Å². The number of anilines is 2. The van der Waals surface area contributed by atoms with E-state index in [9.17, 15) is 0 Å². The van der Waals surface area contributed by atoms with Crippen LogP contribution in [-0.2, 0) is 0 Å². The predicted molar refractivity (Wildman–Crippen MR) is 66.9 cm³/mol. The lowest BCUT2D eigenvalue weighted by Gasteiger charge is -2.15. The maximum atomic E-state index is 8.78. The second-order valence-electron chi connectivity index (χ2n) is 3.35. The second-order valence-corrected chi connectivity index (χ2v) is 4.17. The van der Waals surface area contributed by atoms with Crippen LogP contribution in [-0.4, -0.2) is 22.7 Å². The van der Waals surface area contributed by atoms with Crippen LogP contribution in [0.4, 0.5) is 11.6 Å². The van der Waals surface area contributed by atoms with Crippen molar-refractivity contribution in [3.05, 3.63) is 16.1 Å². The zero-order chi connectivity index (χ0) is 12.1. The number of rotatable bonds is 5. The summed E-state index contributed by atoms with van der Waals surface area (Å²) in [7, 11) is 0. The number of nitrogens with two attached hydrogens (primary N) is 1. The second kappa shape index (κ2) is 6.10. The molecule has 0 aliphatic rings. The van der Waals surface area contributed by atoms with Gasteiger partial charge in [-0.15, -0.1) is 0 Å². The van der Waals surface area contributed by atoms with Gasteiger partial charge in [0.1, 0.15) is 5.82 Å². The number of nitrogens with one attached hydrogen (secondary N) is 2. The van der Waals surface area contributed by atoms with E-state index in [0.717, 1.165) is 0 Å². The molecular weight excluding hydrogens is 251 g/mol. The molecule has 0 saturated carbocycles. The van der Waals surface area contributed by atoms with Crippen LogP contribution in [0.3, 0.4) is 0 Å². The van der Waals surface area contributed by atoms with E-state index in [2.05, 4.69) is 15.7 Å². The topological polar surface area (TPSA) is 83.2 Å². The van der Waals surface area contributed by atoms with E-state index in [0.29, 0.717) is 28.1 Å². The molecule has 1 unspecified atom stereocenters. The highest BCUT2D eigenvalue weighted by Crippen LogP contribution is 2.29. The third-order valence-electron chi connectivity index (χ3n) is 2.01. The van der Waals surface area contributed by atoms with Crippen molar-refractivity contribution >= 4 is 34.8 Å². The van der Waals surface area contributed by atoms with Gasteiger partial charge in [0.15, 0.2) is 5.82 Å². The van der Waals surface area contributed by atoms with Crippen molar-refractivity contribution in [2.75, 3.05) is 17.3 Å². The van der Waals surface area contributed by atoms with Crippen molar-refractivity contribution in [3.8, 4) is 0 Å². The van der Waals surface area contributed by atoms with Gasteiger partial charge in [0, 0.05) is 12.6 Å². The minimum atomic E-state index is 0.0572. The van der Waals surface area contributed by atoms with Gasteiger partial charge in [0.05, 0.1) is 10.0 Å². The highest BCUT2D eigenvalue weighted by atomic mass is 35.5. The van der Waals surface area contributed by atoms with Crippen LogP contribution in [0.5, 0.6) is 0 Å². The van der Waals surface area contributed by atoms with E-state index < -0.39 is 0 Å². The number of nitrogen functional groups attached to an aromatic ring is 1. The maximum Gasteiger partial charge on any atom is 0.161 e. The maximum absolute atomic E-state index is 8.78. The summed E-state index contributed by atoms with van der Waals surface area (Å²) in [5.41, 5.74) is 2.38. The van der Waals surface area contributed by atoms with Crippen molar-refractivity contribution in [2.24, 2.45) is 5.84 Å². The largest absolute Gasteiger partial charge is 0.396 e. The number of hydrogen-bond donors (Lipinski definition) is 4. The molecule has 90 valence electrons. The highest BCUT2D eigenvalue weighted by molar-refractivity contribution is 6.37. The Balaban J connectivity index is 2.87. The lowest BCUT2D eigenvalue weighted by Crippen LogP contribution is -2.18. The molecule has 0 aliphatic heterocycles. The smallest absolute Gasteiger partial charge is 0.161 e. The molecule has 1 aromatic heterocycles. The highest BCUT2D eigenvalue weighted by Gasteiger charge is 2.10. The number of halogens is 2. The standard InChI is InChI=1S/C9H14Cl2N4O/c1-5(2-3-16)13-8-6(10)4-7(11)9(14-8)15-12/h4-5,16H,2-3,12H2,1H3,(H2,13,14,15). The van der Waals surface area contributed by atoms with E-state index in [1.807, 2.05) is 6.92 Å². The number of nitrogens with zero attached hydrogens (tertiary/aromatic N) is 1. The lowest BCUT2D eigenvalue weighted by atomic mass is 10.2. The Labute approximate surface area is 104 Å². The molecule has 1 rings (SSSR count). The Morgan fingerprint density at radius 3 is 2.62 bits per heavy atom. The molecule has 16 heavy (non-hydrogen) atoms. The Kier molecular flexibility index (Phi) is 5.08. The lowest BCUT2D eigenvalue weighted by molar-refractivity contribution is 0.282. The quantitative estimate of drug-likeness (QED) is 0.482. The third kappa shape index (κ3) is 3.38. The average molecular weight is 265 g/mol. The first-order valence-electron chi connectivity index (χ1n) is 4.78. The van der Waals surface area contributed by atoms with Crippen molar-refractivity contribution in [2.45, 2.75) is 19.4 Å². The molecule has 1 heterocycles. The molecule has 5 nitrogen and oxygen atoms in total. The summed E-state index contributed by atoms with van der Waals surface area (Å²) >= 11 is 11.8. The summed E-state index contributed by atoms with van der Waals surface area (Å²) in [5, 5.41) is 12.6. The van der Waals surface area contributed by atoms with E-state index in [-0.39, 0.29) is 12.6 Å². The van der Waals surface area contributed by atoms with Gasteiger partial charge in [-0.3, -0.25) is 0 Å². The van der Waals surface area contributed by atoms with Crippen LogP contribution in [0.1, 0.15) is 13.3 Å². The zero-order valence-electron chi connectivity index (χ0n) is 8.80. The number of pyridine rings is 1. The summed E-state index contributed by atoms with van der Waals surface area (Å²) in [6, 6.07) is 1.61. The summed E-state index contributed by atoms with van der Waals surface area (Å²) in [6.07, 6.45) is 0.603. The minimum Gasteiger partial charge on any atom is -0.396 e. The van der Waals surface area contributed by atoms with Crippen LogP contribution in [0.15, 0.2) is 6.07 Å². The molecule has 0 fully saturated rings. The van der Waals surface area contributed by atoms with Gasteiger partial charge in [-0.2, -0.15) is 0 Å². The normalized spacial score (nSPS) is 12.3. The van der Waals surface area contributed by atoms with Gasteiger partial charge in [0.2, 0.25) is 0 Å². The number of hydrogen-bond acceptors (Lipinski definition) is 5. The molecule has 1 aromatic rings. The molecule has 1 atom stereocenters. The number of aromatic nitrogens is 1. The van der Waals surface area contributed by atoms with Crippen LogP contribution >= 0.6 is 23.2 Å². The molecule has 7 heteroatoms. The summed E-state index contributed by atoms with van der Waals surface area (Å²) in [5.74, 6) is 6.09. The predicted octanol–water partition coefficient (Wildman–Crippen LogP) is 1.86. The fourth-order valence-corrected chi connectivity index (χ4v) is 1.64. The molecule has 0 spiro atoms. The first kappa shape index (κ1) is 13.3. The van der Waals surface area contributed by atoms with Gasteiger partial charge >= 0.3 is 0 Å². The molecule has 0 radical (unpaired) electrons. The monoisotopic (exact) mass is 264 g/mol. The van der Waals surface area contributed by atoms with Crippen molar-refractivity contribution in [1.82, 2.24) is 4.98 Å². The Morgan fingerprint density at radius 2 is 2.06 bits per heavy atom. The van der Waals surface area contributed by atoms with Gasteiger partial charge < -0.3 is 15.8 Å². The summed E-state index contributed by atoms with van der Waals surface area (Å²) in [6.45, 7) is 2.01. The van der Waals surface area contributed by atoms with Crippen molar-refractivity contribution < 1.29 is 5.11 Å². The summed E-state index contributed by atoms with van der Waals surface area (Å²) in [4.78, 5) is 4.12.